The number of nitro benzene ring substituents is 1. The van der Waals surface area contributed by atoms with Crippen LogP contribution < -0.4 is 9.80 Å². The molecule has 0 radical (unpaired) electrons. The Bertz CT molecular complexity index is 648. The first-order valence-electron chi connectivity index (χ1n) is 9.50. The van der Waals surface area contributed by atoms with Crippen LogP contribution in [0.2, 0.25) is 0 Å². The van der Waals surface area contributed by atoms with Crippen LogP contribution in [-0.4, -0.2) is 81.2 Å². The maximum absolute atomic E-state index is 11.4. The Kier molecular flexibility index (Phi) is 5.67. The van der Waals surface area contributed by atoms with E-state index in [1.807, 2.05) is 32.0 Å². The van der Waals surface area contributed by atoms with Crippen LogP contribution in [0.25, 0.3) is 0 Å². The van der Waals surface area contributed by atoms with Gasteiger partial charge in [-0.25, -0.2) is 0 Å². The number of hydrogen-bond donors (Lipinski definition) is 0. The molecule has 0 amide bonds. The van der Waals surface area contributed by atoms with E-state index in [-0.39, 0.29) is 10.6 Å². The summed E-state index contributed by atoms with van der Waals surface area (Å²) in [5.41, 5.74) is 2.98. The van der Waals surface area contributed by atoms with E-state index in [9.17, 15) is 10.1 Å². The molecule has 0 saturated carbocycles. The number of aryl methyl sites for hydroxylation is 1. The highest BCUT2D eigenvalue weighted by Gasteiger charge is 2.28. The van der Waals surface area contributed by atoms with Crippen LogP contribution in [0.4, 0.5) is 17.1 Å². The molecule has 2 fully saturated rings. The summed E-state index contributed by atoms with van der Waals surface area (Å²) in [4.78, 5) is 20.4. The summed E-state index contributed by atoms with van der Waals surface area (Å²) in [6, 6.07) is 4.38. The van der Waals surface area contributed by atoms with Crippen LogP contribution in [0.3, 0.4) is 0 Å². The van der Waals surface area contributed by atoms with Crippen molar-refractivity contribution < 1.29 is 4.92 Å². The second-order valence-corrected chi connectivity index (χ2v) is 7.84. The predicted molar refractivity (Wildman–Crippen MR) is 106 cm³/mol. The van der Waals surface area contributed by atoms with Crippen LogP contribution >= 0.6 is 0 Å². The van der Waals surface area contributed by atoms with Gasteiger partial charge in [-0.3, -0.25) is 15.0 Å². The van der Waals surface area contributed by atoms with Gasteiger partial charge in [-0.05, 0) is 38.4 Å². The van der Waals surface area contributed by atoms with Gasteiger partial charge in [-0.1, -0.05) is 0 Å². The Hall–Kier alpha value is -1.86. The van der Waals surface area contributed by atoms with Gasteiger partial charge in [0.1, 0.15) is 5.69 Å². The van der Waals surface area contributed by atoms with Crippen LogP contribution in [0.1, 0.15) is 18.4 Å². The summed E-state index contributed by atoms with van der Waals surface area (Å²) in [5, 5.41) is 11.4. The Labute approximate surface area is 156 Å². The Morgan fingerprint density at radius 2 is 1.69 bits per heavy atom. The summed E-state index contributed by atoms with van der Waals surface area (Å²) < 4.78 is 0. The fourth-order valence-electron chi connectivity index (χ4n) is 4.17. The average molecular weight is 361 g/mol. The molecule has 0 spiro atoms. The SMILES string of the molecule is Cc1cc([N+](=O)[O-])c(N(C)C)cc1N1CCC(N2CCN(C)CC2)CC1. The number of piperidine rings is 1. The number of piperazine rings is 1. The molecule has 0 aromatic heterocycles. The van der Waals surface area contributed by atoms with Crippen molar-refractivity contribution in [1.29, 1.82) is 0 Å². The summed E-state index contributed by atoms with van der Waals surface area (Å²) in [6.45, 7) is 8.67. The van der Waals surface area contributed by atoms with Gasteiger partial charge in [-0.15, -0.1) is 0 Å². The second kappa shape index (κ2) is 7.80. The van der Waals surface area contributed by atoms with Gasteiger partial charge in [0.25, 0.3) is 5.69 Å². The van der Waals surface area contributed by atoms with Crippen molar-refractivity contribution in [3.8, 4) is 0 Å². The molecule has 2 aliphatic rings. The molecule has 0 N–H and O–H groups in total. The highest BCUT2D eigenvalue weighted by atomic mass is 16.6. The molecule has 1 aromatic rings. The largest absolute Gasteiger partial charge is 0.372 e. The topological polar surface area (TPSA) is 56.1 Å². The summed E-state index contributed by atoms with van der Waals surface area (Å²) in [7, 11) is 5.92. The maximum atomic E-state index is 11.4. The van der Waals surface area contributed by atoms with E-state index < -0.39 is 0 Å². The quantitative estimate of drug-likeness (QED) is 0.605. The molecule has 2 heterocycles. The Morgan fingerprint density at radius 1 is 1.08 bits per heavy atom. The van der Waals surface area contributed by atoms with Crippen molar-refractivity contribution in [2.75, 3.05) is 70.2 Å². The van der Waals surface area contributed by atoms with E-state index in [2.05, 4.69) is 21.7 Å². The van der Waals surface area contributed by atoms with Crippen LogP contribution in [-0.2, 0) is 0 Å². The first-order valence-corrected chi connectivity index (χ1v) is 9.50. The number of hydrogen-bond acceptors (Lipinski definition) is 6. The van der Waals surface area contributed by atoms with Gasteiger partial charge >= 0.3 is 0 Å². The third-order valence-corrected chi connectivity index (χ3v) is 5.83. The Balaban J connectivity index is 1.71. The van der Waals surface area contributed by atoms with Crippen molar-refractivity contribution in [1.82, 2.24) is 9.80 Å². The maximum Gasteiger partial charge on any atom is 0.292 e. The van der Waals surface area contributed by atoms with Crippen molar-refractivity contribution in [3.05, 3.63) is 27.8 Å². The number of nitrogens with zero attached hydrogens (tertiary/aromatic N) is 5. The molecular weight excluding hydrogens is 330 g/mol. The van der Waals surface area contributed by atoms with E-state index >= 15 is 0 Å². The van der Waals surface area contributed by atoms with Gasteiger partial charge in [-0.2, -0.15) is 0 Å². The van der Waals surface area contributed by atoms with Gasteiger partial charge in [0, 0.05) is 71.2 Å². The van der Waals surface area contributed by atoms with Gasteiger partial charge in [0.05, 0.1) is 4.92 Å². The molecule has 2 saturated heterocycles. The van der Waals surface area contributed by atoms with E-state index in [0.29, 0.717) is 11.7 Å². The molecule has 0 aliphatic carbocycles. The lowest BCUT2D eigenvalue weighted by Crippen LogP contribution is -2.52. The van der Waals surface area contributed by atoms with E-state index in [4.69, 9.17) is 0 Å². The zero-order chi connectivity index (χ0) is 18.8. The smallest absolute Gasteiger partial charge is 0.292 e. The molecule has 0 atom stereocenters. The molecule has 3 rings (SSSR count). The van der Waals surface area contributed by atoms with Gasteiger partial charge in [0.2, 0.25) is 0 Å². The fourth-order valence-corrected chi connectivity index (χ4v) is 4.17. The number of nitro groups is 1. The number of likely N-dealkylation sites (N-methyl/N-ethyl adjacent to an activating group) is 1. The normalized spacial score (nSPS) is 20.4. The van der Waals surface area contributed by atoms with E-state index in [0.717, 1.165) is 50.3 Å². The van der Waals surface area contributed by atoms with Crippen molar-refractivity contribution >= 4 is 17.1 Å². The highest BCUT2D eigenvalue weighted by molar-refractivity contribution is 5.72. The number of benzene rings is 1. The molecule has 7 nitrogen and oxygen atoms in total. The lowest BCUT2D eigenvalue weighted by molar-refractivity contribution is -0.384. The van der Waals surface area contributed by atoms with Crippen LogP contribution in [0.15, 0.2) is 12.1 Å². The molecule has 144 valence electrons. The minimum absolute atomic E-state index is 0.184. The summed E-state index contributed by atoms with van der Waals surface area (Å²) >= 11 is 0. The monoisotopic (exact) mass is 361 g/mol. The van der Waals surface area contributed by atoms with E-state index in [1.54, 1.807) is 6.07 Å². The molecular formula is C19H31N5O2. The Morgan fingerprint density at radius 3 is 2.23 bits per heavy atom. The first kappa shape index (κ1) is 18.9. The zero-order valence-corrected chi connectivity index (χ0v) is 16.4. The zero-order valence-electron chi connectivity index (χ0n) is 16.4. The third-order valence-electron chi connectivity index (χ3n) is 5.83. The van der Waals surface area contributed by atoms with Crippen LogP contribution in [0, 0.1) is 17.0 Å². The van der Waals surface area contributed by atoms with Crippen LogP contribution in [0.5, 0.6) is 0 Å². The standard InChI is InChI=1S/C19H31N5O2/c1-15-13-19(24(25)26)18(20(2)3)14-17(15)23-7-5-16(6-8-23)22-11-9-21(4)10-12-22/h13-14,16H,5-12H2,1-4H3. The minimum atomic E-state index is -0.286. The first-order chi connectivity index (χ1) is 12.4. The lowest BCUT2D eigenvalue weighted by atomic mass is 10.00. The van der Waals surface area contributed by atoms with Crippen molar-refractivity contribution in [2.45, 2.75) is 25.8 Å². The summed E-state index contributed by atoms with van der Waals surface area (Å²) in [5.74, 6) is 0. The molecule has 0 unspecified atom stereocenters. The van der Waals surface area contributed by atoms with Gasteiger partial charge < -0.3 is 14.7 Å². The molecule has 7 heteroatoms. The average Bonchev–Trinajstić information content (AvgIpc) is 2.62. The highest BCUT2D eigenvalue weighted by Crippen LogP contribution is 2.36. The molecule has 1 aromatic carbocycles. The molecule has 26 heavy (non-hydrogen) atoms. The van der Waals surface area contributed by atoms with Crippen molar-refractivity contribution in [2.24, 2.45) is 0 Å². The molecule has 0 bridgehead atoms. The minimum Gasteiger partial charge on any atom is -0.372 e. The third kappa shape index (κ3) is 3.94. The molecule has 2 aliphatic heterocycles. The van der Waals surface area contributed by atoms with E-state index in [1.165, 1.54) is 13.1 Å². The number of anilines is 2. The fraction of sp³-hybridized carbons (Fsp3) is 0.684. The van der Waals surface area contributed by atoms with Crippen molar-refractivity contribution in [3.63, 3.8) is 0 Å². The second-order valence-electron chi connectivity index (χ2n) is 7.84. The lowest BCUT2D eigenvalue weighted by Gasteiger charge is -2.43. The number of rotatable bonds is 4. The summed E-state index contributed by atoms with van der Waals surface area (Å²) in [6.07, 6.45) is 2.33. The van der Waals surface area contributed by atoms with Gasteiger partial charge in [0.15, 0.2) is 0 Å². The predicted octanol–water partition coefficient (Wildman–Crippen LogP) is 2.19.